The first kappa shape index (κ1) is 29.1. The number of carboxylic acids is 2. The van der Waals surface area contributed by atoms with E-state index in [-0.39, 0.29) is 42.8 Å². The molecule has 4 heterocycles. The fraction of sp³-hybridized carbons (Fsp3) is 0.500. The van der Waals surface area contributed by atoms with Crippen molar-refractivity contribution in [2.24, 2.45) is 7.05 Å². The van der Waals surface area contributed by atoms with Crippen molar-refractivity contribution in [3.8, 4) is 5.82 Å². The maximum absolute atomic E-state index is 15.1. The van der Waals surface area contributed by atoms with Crippen molar-refractivity contribution in [1.82, 2.24) is 29.0 Å². The number of halogens is 2. The van der Waals surface area contributed by atoms with Crippen molar-refractivity contribution in [2.45, 2.75) is 70.1 Å². The molecule has 2 N–H and O–H groups in total. The molecule has 0 spiro atoms. The third-order valence-corrected chi connectivity index (χ3v) is 7.11. The second kappa shape index (κ2) is 12.5. The number of aryl methyl sites for hydroxylation is 2. The third-order valence-electron chi connectivity index (χ3n) is 7.11. The summed E-state index contributed by atoms with van der Waals surface area (Å²) in [6, 6.07) is 8.72. The minimum atomic E-state index is -1.82. The van der Waals surface area contributed by atoms with Gasteiger partial charge in [-0.2, -0.15) is 10.2 Å². The van der Waals surface area contributed by atoms with E-state index in [4.69, 9.17) is 24.5 Å². The zero-order chi connectivity index (χ0) is 29.0. The van der Waals surface area contributed by atoms with Crippen LogP contribution in [0.4, 0.5) is 8.78 Å². The number of hydrogen-bond acceptors (Lipinski definition) is 7. The molecule has 216 valence electrons. The quantitative estimate of drug-likeness (QED) is 0.394. The Labute approximate surface area is 228 Å². The van der Waals surface area contributed by atoms with Crippen LogP contribution in [0.15, 0.2) is 41.3 Å². The molecule has 0 aliphatic carbocycles. The molecule has 2 bridgehead atoms. The minimum Gasteiger partial charge on any atom is -0.473 e. The maximum Gasteiger partial charge on any atom is 0.414 e. The van der Waals surface area contributed by atoms with Crippen LogP contribution in [0.25, 0.3) is 5.82 Å². The van der Waals surface area contributed by atoms with Crippen molar-refractivity contribution < 1.29 is 33.3 Å². The fourth-order valence-corrected chi connectivity index (χ4v) is 5.39. The number of carboxylic acid groups (broad SMARTS) is 2. The maximum atomic E-state index is 15.1. The summed E-state index contributed by atoms with van der Waals surface area (Å²) in [7, 11) is 1.77. The molecule has 0 amide bonds. The number of rotatable bonds is 8. The van der Waals surface area contributed by atoms with E-state index in [1.54, 1.807) is 37.0 Å². The molecule has 2 aromatic heterocycles. The van der Waals surface area contributed by atoms with Gasteiger partial charge in [-0.3, -0.25) is 9.58 Å². The predicted molar refractivity (Wildman–Crippen MR) is 137 cm³/mol. The number of alkyl halides is 1. The van der Waals surface area contributed by atoms with Gasteiger partial charge < -0.3 is 14.9 Å². The molecule has 2 fully saturated rings. The van der Waals surface area contributed by atoms with E-state index in [2.05, 4.69) is 15.1 Å². The summed E-state index contributed by atoms with van der Waals surface area (Å²) in [5.41, 5.74) is 0.441. The highest BCUT2D eigenvalue weighted by Crippen LogP contribution is 2.37. The number of hydrogen-bond donors (Lipinski definition) is 2. The summed E-state index contributed by atoms with van der Waals surface area (Å²) in [5, 5.41) is 23.3. The van der Waals surface area contributed by atoms with E-state index >= 15 is 4.39 Å². The highest BCUT2D eigenvalue weighted by Gasteiger charge is 2.42. The van der Waals surface area contributed by atoms with E-state index in [1.807, 2.05) is 6.07 Å². The number of ether oxygens (including phenoxy) is 1. The first-order valence-electron chi connectivity index (χ1n) is 12.9. The molecule has 3 atom stereocenters. The van der Waals surface area contributed by atoms with Gasteiger partial charge >= 0.3 is 17.6 Å². The van der Waals surface area contributed by atoms with Gasteiger partial charge in [0.1, 0.15) is 17.8 Å². The zero-order valence-corrected chi connectivity index (χ0v) is 22.2. The Bertz CT molecular complexity index is 1380. The normalized spacial score (nSPS) is 21.1. The summed E-state index contributed by atoms with van der Waals surface area (Å²) < 4.78 is 38.8. The first-order valence-corrected chi connectivity index (χ1v) is 12.9. The molecule has 3 aromatic rings. The van der Waals surface area contributed by atoms with Crippen molar-refractivity contribution in [2.75, 3.05) is 6.54 Å². The Balaban J connectivity index is 0.000000557. The molecule has 0 saturated carbocycles. The van der Waals surface area contributed by atoms with Crippen molar-refractivity contribution >= 4 is 11.9 Å². The number of carbonyl (C=O) groups is 2. The van der Waals surface area contributed by atoms with Crippen LogP contribution in [0, 0.1) is 12.7 Å². The summed E-state index contributed by atoms with van der Waals surface area (Å²) in [4.78, 5) is 33.3. The molecule has 14 heteroatoms. The molecule has 1 aromatic carbocycles. The van der Waals surface area contributed by atoms with Gasteiger partial charge in [-0.1, -0.05) is 12.1 Å². The van der Waals surface area contributed by atoms with Gasteiger partial charge in [0.15, 0.2) is 5.82 Å². The number of benzene rings is 1. The van der Waals surface area contributed by atoms with Crippen LogP contribution in [0.1, 0.15) is 37.1 Å². The molecule has 40 heavy (non-hydrogen) atoms. The SMILES string of the molecule is Cc1nn(C[C@H](F)CN2C3CCC2CC(OCc2cccc(F)c2)C3)c(=O)n1-c1ccn(C)n1.O=C(O)C(=O)O. The average molecular weight is 563 g/mol. The van der Waals surface area contributed by atoms with Crippen LogP contribution >= 0.6 is 0 Å². The smallest absolute Gasteiger partial charge is 0.414 e. The van der Waals surface area contributed by atoms with E-state index in [1.165, 1.54) is 21.4 Å². The summed E-state index contributed by atoms with van der Waals surface area (Å²) in [5.74, 6) is -2.95. The summed E-state index contributed by atoms with van der Waals surface area (Å²) >= 11 is 0. The summed E-state index contributed by atoms with van der Waals surface area (Å²) in [6.45, 7) is 2.28. The second-order valence-corrected chi connectivity index (χ2v) is 10.0. The monoisotopic (exact) mass is 562 g/mol. The van der Waals surface area contributed by atoms with E-state index in [0.29, 0.717) is 18.2 Å². The van der Waals surface area contributed by atoms with E-state index in [0.717, 1.165) is 31.2 Å². The molecule has 2 aliphatic rings. The molecule has 2 aliphatic heterocycles. The van der Waals surface area contributed by atoms with Crippen LogP contribution in [-0.4, -0.2) is 82.1 Å². The minimum absolute atomic E-state index is 0.0883. The summed E-state index contributed by atoms with van der Waals surface area (Å²) in [6.07, 6.45) is 4.34. The Morgan fingerprint density at radius 3 is 2.35 bits per heavy atom. The molecule has 0 radical (unpaired) electrons. The molecule has 12 nitrogen and oxygen atoms in total. The number of nitrogens with zero attached hydrogens (tertiary/aromatic N) is 6. The lowest BCUT2D eigenvalue weighted by Crippen LogP contribution is -2.48. The lowest BCUT2D eigenvalue weighted by atomic mass is 9.99. The second-order valence-electron chi connectivity index (χ2n) is 10.0. The number of aliphatic carboxylic acids is 2. The van der Waals surface area contributed by atoms with Gasteiger partial charge in [-0.05, 0) is 50.3 Å². The third kappa shape index (κ3) is 6.99. The number of fused-ring (bicyclic) bond motifs is 2. The number of aromatic nitrogens is 5. The van der Waals surface area contributed by atoms with Crippen LogP contribution in [0.3, 0.4) is 0 Å². The van der Waals surface area contributed by atoms with Crippen molar-refractivity contribution in [1.29, 1.82) is 0 Å². The van der Waals surface area contributed by atoms with E-state index < -0.39 is 18.1 Å². The number of piperidine rings is 1. The molecule has 2 unspecified atom stereocenters. The van der Waals surface area contributed by atoms with Crippen LogP contribution < -0.4 is 5.69 Å². The molecular weight excluding hydrogens is 530 g/mol. The van der Waals surface area contributed by atoms with Gasteiger partial charge in [-0.15, -0.1) is 0 Å². The van der Waals surface area contributed by atoms with Gasteiger partial charge in [0, 0.05) is 37.9 Å². The van der Waals surface area contributed by atoms with Gasteiger partial charge in [-0.25, -0.2) is 32.4 Å². The van der Waals surface area contributed by atoms with E-state index in [9.17, 15) is 9.18 Å². The van der Waals surface area contributed by atoms with Crippen molar-refractivity contribution in [3.63, 3.8) is 0 Å². The van der Waals surface area contributed by atoms with Gasteiger partial charge in [0.25, 0.3) is 0 Å². The Morgan fingerprint density at radius 1 is 1.10 bits per heavy atom. The highest BCUT2D eigenvalue weighted by molar-refractivity contribution is 6.27. The standard InChI is InChI=1S/C24H30F2N6O2.C2H2O4/c1-16-27-31(24(33)32(16)23-8-9-29(2)28-23)14-19(26)13-30-20-6-7-21(30)12-22(11-20)34-15-17-4-3-5-18(25)10-17;3-1(4)2(5)6/h3-5,8-10,19-22H,6-7,11-15H2,1-2H3;(H,3,4)(H,5,6)/t19-,20?,21?,22?;/m1./s1. The highest BCUT2D eigenvalue weighted by atomic mass is 19.1. The lowest BCUT2D eigenvalue weighted by Gasteiger charge is -2.39. The Kier molecular flexibility index (Phi) is 9.10. The average Bonchev–Trinajstić information content (AvgIpc) is 3.50. The molecule has 5 rings (SSSR count). The molecular formula is C26H32F2N6O6. The molecule has 2 saturated heterocycles. The van der Waals surface area contributed by atoms with Crippen LogP contribution in [0.2, 0.25) is 0 Å². The largest absolute Gasteiger partial charge is 0.473 e. The predicted octanol–water partition coefficient (Wildman–Crippen LogP) is 1.92. The van der Waals surface area contributed by atoms with Gasteiger partial charge in [0.2, 0.25) is 0 Å². The van der Waals surface area contributed by atoms with Crippen molar-refractivity contribution in [3.05, 3.63) is 64.2 Å². The first-order chi connectivity index (χ1) is 19.0. The topological polar surface area (TPSA) is 145 Å². The zero-order valence-electron chi connectivity index (χ0n) is 22.2. The van der Waals surface area contributed by atoms with Crippen LogP contribution in [0.5, 0.6) is 0 Å². The Morgan fingerprint density at radius 2 is 1.77 bits per heavy atom. The lowest BCUT2D eigenvalue weighted by molar-refractivity contribution is -0.159. The van der Waals surface area contributed by atoms with Gasteiger partial charge in [0.05, 0.1) is 19.3 Å². The van der Waals surface area contributed by atoms with Crippen LogP contribution in [-0.2, 0) is 34.5 Å². The Hall–Kier alpha value is -3.91. The fourth-order valence-electron chi connectivity index (χ4n) is 5.39.